The molecule has 1 saturated carbocycles. The van der Waals surface area contributed by atoms with E-state index in [1.165, 1.54) is 0 Å². The van der Waals surface area contributed by atoms with E-state index < -0.39 is 92.3 Å². The second kappa shape index (κ2) is 12.5. The van der Waals surface area contributed by atoms with E-state index in [2.05, 4.69) is 0 Å². The predicted octanol–water partition coefficient (Wildman–Crippen LogP) is -1.50. The molecule has 3 aliphatic heterocycles. The van der Waals surface area contributed by atoms with Gasteiger partial charge < -0.3 is 59.1 Å². The van der Waals surface area contributed by atoms with Crippen molar-refractivity contribution in [3.63, 3.8) is 0 Å². The summed E-state index contributed by atoms with van der Waals surface area (Å²) in [6.45, 7) is 3.19. The average molecular weight is 537 g/mol. The zero-order chi connectivity index (χ0) is 26.9. The second-order valence-electron chi connectivity index (χ2n) is 10.5. The van der Waals surface area contributed by atoms with E-state index in [9.17, 15) is 35.4 Å². The number of fused-ring (bicyclic) bond motifs is 1. The molecule has 0 bridgehead atoms. The smallest absolute Gasteiger partial charge is 0.332 e. The highest BCUT2D eigenvalue weighted by Crippen LogP contribution is 2.36. The molecule has 14 atom stereocenters. The Morgan fingerprint density at radius 1 is 0.838 bits per heavy atom. The molecule has 37 heavy (non-hydrogen) atoms. The van der Waals surface area contributed by atoms with Crippen LogP contribution in [-0.4, -0.2) is 130 Å². The van der Waals surface area contributed by atoms with Crippen molar-refractivity contribution in [3.05, 3.63) is 0 Å². The van der Waals surface area contributed by atoms with Crippen LogP contribution in [-0.2, 0) is 33.2 Å². The summed E-state index contributed by atoms with van der Waals surface area (Å²) in [6.07, 6.45) is -11.3. The van der Waals surface area contributed by atoms with E-state index in [1.54, 1.807) is 6.92 Å². The summed E-state index contributed by atoms with van der Waals surface area (Å²) in [4.78, 5) is 11.7. The molecule has 214 valence electrons. The second-order valence-corrected chi connectivity index (χ2v) is 10.5. The standard InChI is InChI=1S/C24H40O13/c1-10-5-3-6-12(19(10)37-23-18(29)17(28)15(26)11(2)33-23)35-24-21-20(16(27)14(9-25)36-24)34-13(22(30)31)7-4-8-32-21/h10-21,23-29H,3-9H2,1-2H3,(H,30,31). The first-order chi connectivity index (χ1) is 17.6. The average Bonchev–Trinajstić information content (AvgIpc) is 2.84. The number of rotatable bonds is 6. The molecule has 14 unspecified atom stereocenters. The predicted molar refractivity (Wildman–Crippen MR) is 122 cm³/mol. The lowest BCUT2D eigenvalue weighted by molar-refractivity contribution is -0.354. The Bertz CT molecular complexity index is 754. The Labute approximate surface area is 215 Å². The summed E-state index contributed by atoms with van der Waals surface area (Å²) < 4.78 is 35.7. The molecule has 13 nitrogen and oxygen atoms in total. The summed E-state index contributed by atoms with van der Waals surface area (Å²) in [6, 6.07) is 0. The minimum atomic E-state index is -1.47. The van der Waals surface area contributed by atoms with Gasteiger partial charge in [-0.05, 0) is 38.5 Å². The van der Waals surface area contributed by atoms with Crippen molar-refractivity contribution < 1.29 is 63.9 Å². The summed E-state index contributed by atoms with van der Waals surface area (Å²) in [5.41, 5.74) is 0. The number of carbonyl (C=O) groups is 1. The van der Waals surface area contributed by atoms with Gasteiger partial charge in [0.1, 0.15) is 42.7 Å². The van der Waals surface area contributed by atoms with Crippen molar-refractivity contribution in [2.45, 2.75) is 126 Å². The number of ether oxygens (including phenoxy) is 6. The van der Waals surface area contributed by atoms with Gasteiger partial charge in [0.2, 0.25) is 0 Å². The molecular weight excluding hydrogens is 496 g/mol. The Hall–Kier alpha value is -0.970. The van der Waals surface area contributed by atoms with Crippen LogP contribution in [0.3, 0.4) is 0 Å². The van der Waals surface area contributed by atoms with E-state index >= 15 is 0 Å². The lowest BCUT2D eigenvalue weighted by Gasteiger charge is -2.48. The Kier molecular flexibility index (Phi) is 9.78. The summed E-state index contributed by atoms with van der Waals surface area (Å²) in [5, 5.41) is 60.8. The molecule has 0 amide bonds. The first-order valence-electron chi connectivity index (χ1n) is 13.1. The fraction of sp³-hybridized carbons (Fsp3) is 0.958. The van der Waals surface area contributed by atoms with E-state index in [0.29, 0.717) is 12.8 Å². The molecule has 4 rings (SSSR count). The largest absolute Gasteiger partial charge is 0.479 e. The molecule has 13 heteroatoms. The lowest BCUT2D eigenvalue weighted by Crippen LogP contribution is -2.64. The van der Waals surface area contributed by atoms with Crippen LogP contribution in [0.5, 0.6) is 0 Å². The number of hydrogen-bond acceptors (Lipinski definition) is 12. The van der Waals surface area contributed by atoms with Gasteiger partial charge in [0.05, 0.1) is 24.9 Å². The molecule has 1 aliphatic carbocycles. The number of carboxylic acid groups (broad SMARTS) is 1. The van der Waals surface area contributed by atoms with Gasteiger partial charge >= 0.3 is 5.97 Å². The number of hydrogen-bond donors (Lipinski definition) is 6. The molecule has 0 radical (unpaired) electrons. The Morgan fingerprint density at radius 2 is 1.59 bits per heavy atom. The third-order valence-corrected chi connectivity index (χ3v) is 7.80. The van der Waals surface area contributed by atoms with Gasteiger partial charge in [-0.3, -0.25) is 0 Å². The van der Waals surface area contributed by atoms with Crippen molar-refractivity contribution in [2.24, 2.45) is 5.92 Å². The number of aliphatic hydroxyl groups excluding tert-OH is 5. The third kappa shape index (κ3) is 6.28. The van der Waals surface area contributed by atoms with E-state index in [1.807, 2.05) is 6.92 Å². The highest BCUT2D eigenvalue weighted by molar-refractivity contribution is 5.72. The van der Waals surface area contributed by atoms with Crippen LogP contribution in [0.15, 0.2) is 0 Å². The topological polar surface area (TPSA) is 194 Å². The molecule has 0 aromatic heterocycles. The fourth-order valence-electron chi connectivity index (χ4n) is 5.57. The van der Waals surface area contributed by atoms with Crippen LogP contribution in [0, 0.1) is 5.92 Å². The maximum atomic E-state index is 11.7. The van der Waals surface area contributed by atoms with Gasteiger partial charge in [-0.25, -0.2) is 4.79 Å². The van der Waals surface area contributed by atoms with E-state index in [4.69, 9.17) is 28.4 Å². The molecule has 0 aromatic carbocycles. The minimum absolute atomic E-state index is 0.0293. The van der Waals surface area contributed by atoms with Crippen molar-refractivity contribution >= 4 is 5.97 Å². The molecule has 3 heterocycles. The quantitative estimate of drug-likeness (QED) is 0.230. The van der Waals surface area contributed by atoms with Gasteiger partial charge in [-0.2, -0.15) is 0 Å². The van der Waals surface area contributed by atoms with Crippen LogP contribution < -0.4 is 0 Å². The molecule has 3 saturated heterocycles. The van der Waals surface area contributed by atoms with Gasteiger partial charge in [-0.15, -0.1) is 0 Å². The highest BCUT2D eigenvalue weighted by atomic mass is 16.7. The van der Waals surface area contributed by atoms with Crippen LogP contribution >= 0.6 is 0 Å². The fourth-order valence-corrected chi connectivity index (χ4v) is 5.57. The lowest BCUT2D eigenvalue weighted by atomic mass is 9.85. The summed E-state index contributed by atoms with van der Waals surface area (Å²) >= 11 is 0. The highest BCUT2D eigenvalue weighted by Gasteiger charge is 2.51. The third-order valence-electron chi connectivity index (χ3n) is 7.80. The molecular formula is C24H40O13. The molecule has 6 N–H and O–H groups in total. The number of aliphatic hydroxyl groups is 5. The van der Waals surface area contributed by atoms with E-state index in [0.717, 1.165) is 12.8 Å². The Balaban J connectivity index is 1.52. The normalized spacial score (nSPS) is 49.5. The molecule has 4 aliphatic rings. The van der Waals surface area contributed by atoms with Crippen LogP contribution in [0.1, 0.15) is 46.0 Å². The van der Waals surface area contributed by atoms with E-state index in [-0.39, 0.29) is 18.9 Å². The van der Waals surface area contributed by atoms with Crippen molar-refractivity contribution in [1.29, 1.82) is 0 Å². The number of aliphatic carboxylic acids is 1. The SMILES string of the molecule is CC1CCCC(OC2OC(CO)C(O)C3OC(C(=O)O)CCCOC23)C1OC1OC(C)C(O)C(O)C1O. The van der Waals surface area contributed by atoms with Crippen molar-refractivity contribution in [1.82, 2.24) is 0 Å². The zero-order valence-electron chi connectivity index (χ0n) is 21.1. The van der Waals surface area contributed by atoms with Crippen LogP contribution in [0.4, 0.5) is 0 Å². The molecule has 0 aromatic rings. The van der Waals surface area contributed by atoms with Crippen LogP contribution in [0.2, 0.25) is 0 Å². The van der Waals surface area contributed by atoms with Crippen molar-refractivity contribution in [3.8, 4) is 0 Å². The summed E-state index contributed by atoms with van der Waals surface area (Å²) in [5.74, 6) is -1.18. The summed E-state index contributed by atoms with van der Waals surface area (Å²) in [7, 11) is 0. The maximum absolute atomic E-state index is 11.7. The van der Waals surface area contributed by atoms with Crippen LogP contribution in [0.25, 0.3) is 0 Å². The van der Waals surface area contributed by atoms with Gasteiger partial charge in [-0.1, -0.05) is 13.3 Å². The van der Waals surface area contributed by atoms with Gasteiger partial charge in [0.25, 0.3) is 0 Å². The molecule has 0 spiro atoms. The first kappa shape index (κ1) is 29.0. The van der Waals surface area contributed by atoms with Crippen molar-refractivity contribution in [2.75, 3.05) is 13.2 Å². The first-order valence-corrected chi connectivity index (χ1v) is 13.1. The monoisotopic (exact) mass is 536 g/mol. The molecule has 4 fully saturated rings. The van der Waals surface area contributed by atoms with Gasteiger partial charge in [0, 0.05) is 6.61 Å². The van der Waals surface area contributed by atoms with Gasteiger partial charge in [0.15, 0.2) is 18.7 Å². The Morgan fingerprint density at radius 3 is 2.30 bits per heavy atom. The minimum Gasteiger partial charge on any atom is -0.479 e. The maximum Gasteiger partial charge on any atom is 0.332 e. The number of carboxylic acids is 1. The zero-order valence-corrected chi connectivity index (χ0v) is 21.1.